The van der Waals surface area contributed by atoms with Crippen molar-refractivity contribution in [2.24, 2.45) is 7.05 Å². The number of carbonyl (C=O) groups excluding carboxylic acids is 2. The van der Waals surface area contributed by atoms with E-state index >= 15 is 0 Å². The van der Waals surface area contributed by atoms with E-state index in [4.69, 9.17) is 0 Å². The van der Waals surface area contributed by atoms with Crippen LogP contribution in [0.15, 0.2) is 54.7 Å². The van der Waals surface area contributed by atoms with Crippen molar-refractivity contribution in [3.8, 4) is 0 Å². The van der Waals surface area contributed by atoms with Crippen LogP contribution in [-0.4, -0.2) is 21.5 Å². The largest absolute Gasteiger partial charge is 0.345 e. The smallest absolute Gasteiger partial charge is 0.252 e. The molecule has 0 aliphatic heterocycles. The lowest BCUT2D eigenvalue weighted by Gasteiger charge is -2.15. The minimum Gasteiger partial charge on any atom is -0.345 e. The van der Waals surface area contributed by atoms with Gasteiger partial charge in [0.2, 0.25) is 0 Å². The SMILES string of the molecule is Cc1ccc(C(=O)c2ccccc2C(=O)NC(C)c2cn(C)nc2C)cc1. The number of nitrogens with one attached hydrogen (secondary N) is 1. The van der Waals surface area contributed by atoms with Crippen molar-refractivity contribution in [1.82, 2.24) is 15.1 Å². The highest BCUT2D eigenvalue weighted by molar-refractivity contribution is 6.15. The molecule has 0 spiro atoms. The van der Waals surface area contributed by atoms with E-state index in [9.17, 15) is 9.59 Å². The van der Waals surface area contributed by atoms with Crippen LogP contribution in [0.4, 0.5) is 0 Å². The standard InChI is InChI=1S/C22H23N3O2/c1-14-9-11-17(12-10-14)21(26)18-7-5-6-8-19(18)22(27)23-15(2)20-13-25(4)24-16(20)3/h5-13,15H,1-4H3,(H,23,27). The summed E-state index contributed by atoms with van der Waals surface area (Å²) in [6.45, 7) is 5.79. The molecule has 138 valence electrons. The lowest BCUT2D eigenvalue weighted by molar-refractivity contribution is 0.0929. The second-order valence-electron chi connectivity index (χ2n) is 6.78. The van der Waals surface area contributed by atoms with Crippen molar-refractivity contribution in [1.29, 1.82) is 0 Å². The van der Waals surface area contributed by atoms with Gasteiger partial charge in [0.1, 0.15) is 0 Å². The van der Waals surface area contributed by atoms with Crippen molar-refractivity contribution in [2.75, 3.05) is 0 Å². The van der Waals surface area contributed by atoms with Gasteiger partial charge in [-0.2, -0.15) is 5.10 Å². The molecule has 3 aromatic rings. The Hall–Kier alpha value is -3.21. The van der Waals surface area contributed by atoms with Gasteiger partial charge in [0.25, 0.3) is 5.91 Å². The molecule has 2 aromatic carbocycles. The van der Waals surface area contributed by atoms with Crippen molar-refractivity contribution in [2.45, 2.75) is 26.8 Å². The molecule has 0 aliphatic carbocycles. The molecule has 1 N–H and O–H groups in total. The monoisotopic (exact) mass is 361 g/mol. The minimum absolute atomic E-state index is 0.161. The highest BCUT2D eigenvalue weighted by Gasteiger charge is 2.20. The van der Waals surface area contributed by atoms with E-state index in [0.717, 1.165) is 16.8 Å². The van der Waals surface area contributed by atoms with Gasteiger partial charge in [0, 0.05) is 29.9 Å². The summed E-state index contributed by atoms with van der Waals surface area (Å²) < 4.78 is 1.72. The Kier molecular flexibility index (Phi) is 5.21. The molecule has 0 radical (unpaired) electrons. The minimum atomic E-state index is -0.276. The van der Waals surface area contributed by atoms with Gasteiger partial charge in [0.15, 0.2) is 5.78 Å². The predicted molar refractivity (Wildman–Crippen MR) is 105 cm³/mol. The first-order chi connectivity index (χ1) is 12.9. The second-order valence-corrected chi connectivity index (χ2v) is 6.78. The van der Waals surface area contributed by atoms with E-state index in [-0.39, 0.29) is 17.7 Å². The van der Waals surface area contributed by atoms with E-state index in [2.05, 4.69) is 10.4 Å². The maximum atomic E-state index is 12.9. The molecular formula is C22H23N3O2. The van der Waals surface area contributed by atoms with Gasteiger partial charge in [0.05, 0.1) is 17.3 Å². The fraction of sp³-hybridized carbons (Fsp3) is 0.227. The van der Waals surface area contributed by atoms with E-state index in [1.807, 2.05) is 46.1 Å². The Balaban J connectivity index is 1.86. The summed E-state index contributed by atoms with van der Waals surface area (Å²) in [5.41, 5.74) is 4.24. The van der Waals surface area contributed by atoms with E-state index in [1.165, 1.54) is 0 Å². The Morgan fingerprint density at radius 3 is 2.22 bits per heavy atom. The topological polar surface area (TPSA) is 64.0 Å². The summed E-state index contributed by atoms with van der Waals surface area (Å²) in [4.78, 5) is 25.8. The third kappa shape index (κ3) is 3.97. The maximum Gasteiger partial charge on any atom is 0.252 e. The Morgan fingerprint density at radius 2 is 1.63 bits per heavy atom. The van der Waals surface area contributed by atoms with Crippen LogP contribution in [0.2, 0.25) is 0 Å². The van der Waals surface area contributed by atoms with E-state index in [1.54, 1.807) is 41.1 Å². The Labute approximate surface area is 159 Å². The fourth-order valence-electron chi connectivity index (χ4n) is 3.13. The van der Waals surface area contributed by atoms with E-state index in [0.29, 0.717) is 16.7 Å². The van der Waals surface area contributed by atoms with Crippen LogP contribution in [0.3, 0.4) is 0 Å². The number of carbonyl (C=O) groups is 2. The van der Waals surface area contributed by atoms with Gasteiger partial charge >= 0.3 is 0 Å². The van der Waals surface area contributed by atoms with Crippen molar-refractivity contribution >= 4 is 11.7 Å². The van der Waals surface area contributed by atoms with Crippen LogP contribution in [-0.2, 0) is 7.05 Å². The maximum absolute atomic E-state index is 12.9. The quantitative estimate of drug-likeness (QED) is 0.704. The third-order valence-corrected chi connectivity index (χ3v) is 4.60. The molecule has 0 saturated carbocycles. The van der Waals surface area contributed by atoms with Crippen molar-refractivity contribution in [3.63, 3.8) is 0 Å². The number of aromatic nitrogens is 2. The van der Waals surface area contributed by atoms with Gasteiger partial charge in [-0.15, -0.1) is 0 Å². The number of aryl methyl sites for hydroxylation is 3. The molecule has 0 saturated heterocycles. The van der Waals surface area contributed by atoms with Crippen LogP contribution >= 0.6 is 0 Å². The molecule has 5 heteroatoms. The van der Waals surface area contributed by atoms with Crippen molar-refractivity contribution in [3.05, 3.63) is 88.2 Å². The molecule has 1 unspecified atom stereocenters. The average molecular weight is 361 g/mol. The zero-order valence-electron chi connectivity index (χ0n) is 16.0. The first kappa shape index (κ1) is 18.6. The molecule has 1 aromatic heterocycles. The van der Waals surface area contributed by atoms with Crippen LogP contribution < -0.4 is 5.32 Å². The van der Waals surface area contributed by atoms with E-state index < -0.39 is 0 Å². The summed E-state index contributed by atoms with van der Waals surface area (Å²) in [6, 6.07) is 14.0. The molecule has 3 rings (SSSR count). The van der Waals surface area contributed by atoms with Gasteiger partial charge in [-0.3, -0.25) is 14.3 Å². The number of amides is 1. The number of rotatable bonds is 5. The number of ketones is 1. The lowest BCUT2D eigenvalue weighted by atomic mass is 9.97. The first-order valence-electron chi connectivity index (χ1n) is 8.88. The zero-order chi connectivity index (χ0) is 19.6. The van der Waals surface area contributed by atoms with Crippen LogP contribution in [0, 0.1) is 13.8 Å². The summed E-state index contributed by atoms with van der Waals surface area (Å²) >= 11 is 0. The molecule has 0 fully saturated rings. The number of hydrogen-bond acceptors (Lipinski definition) is 3. The zero-order valence-corrected chi connectivity index (χ0v) is 16.0. The molecule has 0 bridgehead atoms. The van der Waals surface area contributed by atoms with Crippen LogP contribution in [0.25, 0.3) is 0 Å². The molecule has 1 heterocycles. The molecule has 1 atom stereocenters. The summed E-state index contributed by atoms with van der Waals surface area (Å²) in [6.07, 6.45) is 1.89. The highest BCUT2D eigenvalue weighted by Crippen LogP contribution is 2.19. The fourth-order valence-corrected chi connectivity index (χ4v) is 3.13. The first-order valence-corrected chi connectivity index (χ1v) is 8.88. The van der Waals surface area contributed by atoms with Crippen LogP contribution in [0.1, 0.15) is 56.1 Å². The van der Waals surface area contributed by atoms with Gasteiger partial charge < -0.3 is 5.32 Å². The molecule has 0 aliphatic rings. The second kappa shape index (κ2) is 7.58. The average Bonchev–Trinajstić information content (AvgIpc) is 3.00. The highest BCUT2D eigenvalue weighted by atomic mass is 16.2. The molecular weight excluding hydrogens is 338 g/mol. The van der Waals surface area contributed by atoms with Crippen molar-refractivity contribution < 1.29 is 9.59 Å². The molecule has 27 heavy (non-hydrogen) atoms. The lowest BCUT2D eigenvalue weighted by Crippen LogP contribution is -2.28. The van der Waals surface area contributed by atoms with Gasteiger partial charge in [-0.05, 0) is 26.8 Å². The number of nitrogens with zero attached hydrogens (tertiary/aromatic N) is 2. The van der Waals surface area contributed by atoms with Gasteiger partial charge in [-0.25, -0.2) is 0 Å². The predicted octanol–water partition coefficient (Wildman–Crippen LogP) is 3.76. The Bertz CT molecular complexity index is 987. The molecule has 5 nitrogen and oxygen atoms in total. The Morgan fingerprint density at radius 1 is 1.00 bits per heavy atom. The third-order valence-electron chi connectivity index (χ3n) is 4.60. The summed E-state index contributed by atoms with van der Waals surface area (Å²) in [7, 11) is 1.85. The number of benzene rings is 2. The van der Waals surface area contributed by atoms with Gasteiger partial charge in [-0.1, -0.05) is 48.0 Å². The normalized spacial score (nSPS) is 11.9. The number of hydrogen-bond donors (Lipinski definition) is 1. The van der Waals surface area contributed by atoms with Crippen LogP contribution in [0.5, 0.6) is 0 Å². The summed E-state index contributed by atoms with van der Waals surface area (Å²) in [5.74, 6) is -0.437. The molecule has 1 amide bonds. The summed E-state index contributed by atoms with van der Waals surface area (Å²) in [5, 5.41) is 7.29.